The van der Waals surface area contributed by atoms with Gasteiger partial charge in [-0.2, -0.15) is 0 Å². The third-order valence-corrected chi connectivity index (χ3v) is 5.91. The molecule has 2 heterocycles. The molecule has 0 aliphatic carbocycles. The van der Waals surface area contributed by atoms with Crippen molar-refractivity contribution in [1.29, 1.82) is 0 Å². The summed E-state index contributed by atoms with van der Waals surface area (Å²) in [6.45, 7) is 2.77. The molecule has 1 aliphatic rings. The van der Waals surface area contributed by atoms with Crippen LogP contribution in [0.3, 0.4) is 0 Å². The Kier molecular flexibility index (Phi) is 6.58. The Balaban J connectivity index is 1.67. The number of ether oxygens (including phenoxy) is 3. The fourth-order valence-electron chi connectivity index (χ4n) is 3.60. The highest BCUT2D eigenvalue weighted by atomic mass is 79.9. The Labute approximate surface area is 189 Å². The summed E-state index contributed by atoms with van der Waals surface area (Å²) in [7, 11) is 3.25. The fraction of sp³-hybridized carbons (Fsp3) is 0.304. The SMILES string of the molecule is COc1ccc(CNc2cc(C(=O)N3CCOCC3)c3cccc(Br)c3n2)c(OC)c1. The average molecular weight is 486 g/mol. The van der Waals surface area contributed by atoms with E-state index < -0.39 is 0 Å². The molecule has 1 aliphatic heterocycles. The number of halogens is 1. The Bertz CT molecular complexity index is 1100. The number of aromatic nitrogens is 1. The molecule has 0 atom stereocenters. The van der Waals surface area contributed by atoms with E-state index in [1.54, 1.807) is 14.2 Å². The number of fused-ring (bicyclic) bond motifs is 1. The molecule has 31 heavy (non-hydrogen) atoms. The van der Waals surface area contributed by atoms with Gasteiger partial charge in [-0.05, 0) is 40.2 Å². The summed E-state index contributed by atoms with van der Waals surface area (Å²) < 4.78 is 17.0. The van der Waals surface area contributed by atoms with E-state index in [4.69, 9.17) is 19.2 Å². The number of amides is 1. The van der Waals surface area contributed by atoms with Crippen molar-refractivity contribution in [2.45, 2.75) is 6.54 Å². The maximum absolute atomic E-state index is 13.3. The van der Waals surface area contributed by atoms with Crippen molar-refractivity contribution in [3.63, 3.8) is 0 Å². The van der Waals surface area contributed by atoms with E-state index >= 15 is 0 Å². The van der Waals surface area contributed by atoms with Gasteiger partial charge in [0.1, 0.15) is 17.3 Å². The maximum atomic E-state index is 13.3. The first kappa shape index (κ1) is 21.4. The van der Waals surface area contributed by atoms with E-state index in [2.05, 4.69) is 21.2 Å². The van der Waals surface area contributed by atoms with Crippen LogP contribution in [-0.4, -0.2) is 56.3 Å². The number of methoxy groups -OCH3 is 2. The minimum Gasteiger partial charge on any atom is -0.497 e. The molecule has 0 bridgehead atoms. The summed E-state index contributed by atoms with van der Waals surface area (Å²) >= 11 is 3.58. The monoisotopic (exact) mass is 485 g/mol. The number of nitrogens with zero attached hydrogens (tertiary/aromatic N) is 2. The largest absolute Gasteiger partial charge is 0.497 e. The number of hydrogen-bond donors (Lipinski definition) is 1. The van der Waals surface area contributed by atoms with Crippen LogP contribution in [0, 0.1) is 0 Å². The maximum Gasteiger partial charge on any atom is 0.254 e. The first-order valence-corrected chi connectivity index (χ1v) is 10.8. The molecule has 7 nitrogen and oxygen atoms in total. The van der Waals surface area contributed by atoms with E-state index in [1.807, 2.05) is 47.4 Å². The molecule has 0 unspecified atom stereocenters. The van der Waals surface area contributed by atoms with Crippen molar-refractivity contribution < 1.29 is 19.0 Å². The minimum atomic E-state index is -0.0149. The lowest BCUT2D eigenvalue weighted by Crippen LogP contribution is -2.40. The Morgan fingerprint density at radius 1 is 1.16 bits per heavy atom. The van der Waals surface area contributed by atoms with E-state index in [9.17, 15) is 4.79 Å². The zero-order chi connectivity index (χ0) is 21.8. The number of hydrogen-bond acceptors (Lipinski definition) is 6. The first-order valence-electron chi connectivity index (χ1n) is 10.0. The van der Waals surface area contributed by atoms with E-state index in [0.29, 0.717) is 44.2 Å². The average Bonchev–Trinajstić information content (AvgIpc) is 2.82. The molecular formula is C23H24BrN3O4. The van der Waals surface area contributed by atoms with Crippen molar-refractivity contribution >= 4 is 38.6 Å². The van der Waals surface area contributed by atoms with Crippen LogP contribution >= 0.6 is 15.9 Å². The first-order chi connectivity index (χ1) is 15.1. The zero-order valence-electron chi connectivity index (χ0n) is 17.5. The summed E-state index contributed by atoms with van der Waals surface area (Å²) in [6, 6.07) is 13.3. The van der Waals surface area contributed by atoms with Crippen LogP contribution in [-0.2, 0) is 11.3 Å². The van der Waals surface area contributed by atoms with Gasteiger partial charge >= 0.3 is 0 Å². The summed E-state index contributed by atoms with van der Waals surface area (Å²) in [4.78, 5) is 19.9. The molecule has 2 aromatic carbocycles. The van der Waals surface area contributed by atoms with Gasteiger partial charge in [0.25, 0.3) is 5.91 Å². The highest BCUT2D eigenvalue weighted by Crippen LogP contribution is 2.29. The molecular weight excluding hydrogens is 462 g/mol. The third-order valence-electron chi connectivity index (χ3n) is 5.27. The zero-order valence-corrected chi connectivity index (χ0v) is 19.1. The molecule has 0 spiro atoms. The fourth-order valence-corrected chi connectivity index (χ4v) is 4.06. The summed E-state index contributed by atoms with van der Waals surface area (Å²) in [5.74, 6) is 2.05. The quantitative estimate of drug-likeness (QED) is 0.566. The lowest BCUT2D eigenvalue weighted by molar-refractivity contribution is 0.0304. The minimum absolute atomic E-state index is 0.0149. The van der Waals surface area contributed by atoms with Gasteiger partial charge in [0.2, 0.25) is 0 Å². The molecule has 8 heteroatoms. The van der Waals surface area contributed by atoms with Crippen molar-refractivity contribution in [3.05, 3.63) is 58.1 Å². The predicted molar refractivity (Wildman–Crippen MR) is 123 cm³/mol. The van der Waals surface area contributed by atoms with Crippen LogP contribution in [0.4, 0.5) is 5.82 Å². The number of rotatable bonds is 6. The molecule has 1 fully saturated rings. The van der Waals surface area contributed by atoms with Crippen molar-refractivity contribution in [3.8, 4) is 11.5 Å². The molecule has 1 N–H and O–H groups in total. The van der Waals surface area contributed by atoms with Gasteiger partial charge < -0.3 is 24.4 Å². The van der Waals surface area contributed by atoms with E-state index in [1.165, 1.54) is 0 Å². The molecule has 3 aromatic rings. The Hall–Kier alpha value is -2.84. The van der Waals surface area contributed by atoms with Crippen LogP contribution in [0.5, 0.6) is 11.5 Å². The number of anilines is 1. The standard InChI is InChI=1S/C23H24BrN3O4/c1-29-16-7-6-15(20(12-16)30-2)14-25-21-13-18(23(28)27-8-10-31-11-9-27)17-4-3-5-19(24)22(17)26-21/h3-7,12-13H,8-11,14H2,1-2H3,(H,25,26). The molecule has 1 aromatic heterocycles. The lowest BCUT2D eigenvalue weighted by Gasteiger charge is -2.27. The van der Waals surface area contributed by atoms with Gasteiger partial charge in [0.05, 0.1) is 38.5 Å². The topological polar surface area (TPSA) is 72.9 Å². The van der Waals surface area contributed by atoms with E-state index in [-0.39, 0.29) is 5.91 Å². The third kappa shape index (κ3) is 4.60. The molecule has 162 valence electrons. The van der Waals surface area contributed by atoms with Crippen LogP contribution in [0.25, 0.3) is 10.9 Å². The number of morpholine rings is 1. The lowest BCUT2D eigenvalue weighted by atomic mass is 10.1. The second-order valence-corrected chi connectivity index (χ2v) is 7.98. The second kappa shape index (κ2) is 9.53. The molecule has 4 rings (SSSR count). The predicted octanol–water partition coefficient (Wildman–Crippen LogP) is 4.10. The normalized spacial score (nSPS) is 13.8. The van der Waals surface area contributed by atoms with Crippen molar-refractivity contribution in [2.24, 2.45) is 0 Å². The number of benzene rings is 2. The van der Waals surface area contributed by atoms with E-state index in [0.717, 1.165) is 32.4 Å². The highest BCUT2D eigenvalue weighted by molar-refractivity contribution is 9.10. The number of carbonyl (C=O) groups is 1. The van der Waals surface area contributed by atoms with Crippen molar-refractivity contribution in [1.82, 2.24) is 9.88 Å². The van der Waals surface area contributed by atoms with Crippen LogP contribution in [0.2, 0.25) is 0 Å². The molecule has 1 saturated heterocycles. The molecule has 0 saturated carbocycles. The number of pyridine rings is 1. The molecule has 1 amide bonds. The Morgan fingerprint density at radius 2 is 1.97 bits per heavy atom. The smallest absolute Gasteiger partial charge is 0.254 e. The number of para-hydroxylation sites is 1. The van der Waals surface area contributed by atoms with Gasteiger partial charge in [0.15, 0.2) is 0 Å². The van der Waals surface area contributed by atoms with Gasteiger partial charge in [-0.3, -0.25) is 4.79 Å². The van der Waals surface area contributed by atoms with Gasteiger partial charge in [0, 0.05) is 41.1 Å². The van der Waals surface area contributed by atoms with Crippen LogP contribution in [0.1, 0.15) is 15.9 Å². The number of carbonyl (C=O) groups excluding carboxylic acids is 1. The summed E-state index contributed by atoms with van der Waals surface area (Å²) in [5.41, 5.74) is 2.32. The van der Waals surface area contributed by atoms with Crippen LogP contribution < -0.4 is 14.8 Å². The summed E-state index contributed by atoms with van der Waals surface area (Å²) in [5, 5.41) is 4.16. The van der Waals surface area contributed by atoms with Gasteiger partial charge in [-0.1, -0.05) is 12.1 Å². The number of nitrogens with one attached hydrogen (secondary N) is 1. The van der Waals surface area contributed by atoms with Crippen molar-refractivity contribution in [2.75, 3.05) is 45.8 Å². The summed E-state index contributed by atoms with van der Waals surface area (Å²) in [6.07, 6.45) is 0. The highest BCUT2D eigenvalue weighted by Gasteiger charge is 2.22. The van der Waals surface area contributed by atoms with Gasteiger partial charge in [-0.15, -0.1) is 0 Å². The Morgan fingerprint density at radius 3 is 2.71 bits per heavy atom. The second-order valence-electron chi connectivity index (χ2n) is 7.13. The van der Waals surface area contributed by atoms with Gasteiger partial charge in [-0.25, -0.2) is 4.98 Å². The van der Waals surface area contributed by atoms with Crippen LogP contribution in [0.15, 0.2) is 46.9 Å². The molecule has 0 radical (unpaired) electrons.